The van der Waals surface area contributed by atoms with Gasteiger partial charge >= 0.3 is 0 Å². The normalized spacial score (nSPS) is 10.1. The number of anilines is 1. The summed E-state index contributed by atoms with van der Waals surface area (Å²) in [7, 11) is 0. The van der Waals surface area contributed by atoms with E-state index in [-0.39, 0.29) is 5.91 Å². The second-order valence-corrected chi connectivity index (χ2v) is 5.15. The average Bonchev–Trinajstić information content (AvgIpc) is 2.39. The van der Waals surface area contributed by atoms with E-state index >= 15 is 0 Å². The lowest BCUT2D eigenvalue weighted by atomic mass is 10.1. The van der Waals surface area contributed by atoms with Crippen molar-refractivity contribution in [2.45, 2.75) is 13.8 Å². The van der Waals surface area contributed by atoms with Crippen molar-refractivity contribution in [3.05, 3.63) is 64.7 Å². The van der Waals surface area contributed by atoms with Gasteiger partial charge < -0.3 is 11.1 Å². The third-order valence-corrected chi connectivity index (χ3v) is 3.29. The predicted molar refractivity (Wildman–Crippen MR) is 86.2 cm³/mol. The highest BCUT2D eigenvalue weighted by Crippen LogP contribution is 2.15. The molecule has 0 bridgehead atoms. The maximum Gasteiger partial charge on any atom is 0.255 e. The van der Waals surface area contributed by atoms with Crippen molar-refractivity contribution >= 4 is 28.8 Å². The molecule has 0 aliphatic rings. The van der Waals surface area contributed by atoms with E-state index in [2.05, 4.69) is 5.32 Å². The van der Waals surface area contributed by atoms with Gasteiger partial charge in [0.1, 0.15) is 4.99 Å². The van der Waals surface area contributed by atoms with Crippen LogP contribution >= 0.6 is 12.2 Å². The van der Waals surface area contributed by atoms with Crippen LogP contribution in [0.5, 0.6) is 0 Å². The maximum atomic E-state index is 12.2. The molecule has 0 aromatic heterocycles. The monoisotopic (exact) mass is 284 g/mol. The molecular weight excluding hydrogens is 268 g/mol. The van der Waals surface area contributed by atoms with Crippen molar-refractivity contribution < 1.29 is 4.79 Å². The van der Waals surface area contributed by atoms with Crippen molar-refractivity contribution in [2.75, 3.05) is 5.32 Å². The van der Waals surface area contributed by atoms with Crippen LogP contribution in [0.15, 0.2) is 42.5 Å². The first kappa shape index (κ1) is 14.2. The highest BCUT2D eigenvalue weighted by Gasteiger charge is 2.09. The molecule has 0 fully saturated rings. The summed E-state index contributed by atoms with van der Waals surface area (Å²) >= 11 is 4.89. The maximum absolute atomic E-state index is 12.2. The molecule has 0 heterocycles. The predicted octanol–water partition coefficient (Wildman–Crippen LogP) is 3.19. The number of carbonyl (C=O) groups is 1. The molecule has 2 rings (SSSR count). The number of amides is 1. The molecule has 2 aromatic carbocycles. The van der Waals surface area contributed by atoms with Gasteiger partial charge in [0.2, 0.25) is 0 Å². The van der Waals surface area contributed by atoms with E-state index in [4.69, 9.17) is 18.0 Å². The molecule has 102 valence electrons. The molecule has 20 heavy (non-hydrogen) atoms. The lowest BCUT2D eigenvalue weighted by molar-refractivity contribution is 0.102. The SMILES string of the molecule is Cc1ccc(C(=O)Nc2ccc(C(N)=S)cc2)c(C)c1. The second kappa shape index (κ2) is 5.84. The van der Waals surface area contributed by atoms with Crippen molar-refractivity contribution in [1.82, 2.24) is 0 Å². The van der Waals surface area contributed by atoms with E-state index in [1.54, 1.807) is 24.3 Å². The summed E-state index contributed by atoms with van der Waals surface area (Å²) in [5.41, 5.74) is 9.81. The lowest BCUT2D eigenvalue weighted by Crippen LogP contribution is -2.14. The Hall–Kier alpha value is -2.20. The summed E-state index contributed by atoms with van der Waals surface area (Å²) in [6, 6.07) is 12.9. The zero-order chi connectivity index (χ0) is 14.7. The summed E-state index contributed by atoms with van der Waals surface area (Å²) in [6.45, 7) is 3.93. The van der Waals surface area contributed by atoms with E-state index < -0.39 is 0 Å². The van der Waals surface area contributed by atoms with Crippen molar-refractivity contribution in [3.63, 3.8) is 0 Å². The molecule has 0 aliphatic heterocycles. The molecule has 0 unspecified atom stereocenters. The molecule has 0 saturated heterocycles. The number of carbonyl (C=O) groups excluding carboxylic acids is 1. The Morgan fingerprint density at radius 1 is 1.10 bits per heavy atom. The number of aryl methyl sites for hydroxylation is 2. The zero-order valence-corrected chi connectivity index (χ0v) is 12.3. The smallest absolute Gasteiger partial charge is 0.255 e. The van der Waals surface area contributed by atoms with E-state index in [1.165, 1.54) is 0 Å². The number of benzene rings is 2. The van der Waals surface area contributed by atoms with Crippen molar-refractivity contribution in [3.8, 4) is 0 Å². The van der Waals surface area contributed by atoms with Crippen LogP contribution in [0.4, 0.5) is 5.69 Å². The number of hydrogen-bond donors (Lipinski definition) is 2. The molecule has 4 heteroatoms. The Morgan fingerprint density at radius 3 is 2.30 bits per heavy atom. The van der Waals surface area contributed by atoms with Gasteiger partial charge in [-0.1, -0.05) is 29.9 Å². The van der Waals surface area contributed by atoms with Crippen LogP contribution in [0.25, 0.3) is 0 Å². The molecule has 0 aliphatic carbocycles. The van der Waals surface area contributed by atoms with Crippen LogP contribution in [0, 0.1) is 13.8 Å². The first-order chi connectivity index (χ1) is 9.47. The Bertz CT molecular complexity index is 663. The molecule has 0 radical (unpaired) electrons. The summed E-state index contributed by atoms with van der Waals surface area (Å²) in [5, 5.41) is 2.86. The third kappa shape index (κ3) is 3.22. The second-order valence-electron chi connectivity index (χ2n) is 4.71. The fraction of sp³-hybridized carbons (Fsp3) is 0.125. The first-order valence-corrected chi connectivity index (χ1v) is 6.66. The van der Waals surface area contributed by atoms with Gasteiger partial charge in [-0.15, -0.1) is 0 Å². The number of rotatable bonds is 3. The van der Waals surface area contributed by atoms with E-state index in [0.29, 0.717) is 10.6 Å². The highest BCUT2D eigenvalue weighted by molar-refractivity contribution is 7.80. The number of thiocarbonyl (C=S) groups is 1. The minimum Gasteiger partial charge on any atom is -0.389 e. The topological polar surface area (TPSA) is 55.1 Å². The zero-order valence-electron chi connectivity index (χ0n) is 11.4. The Kier molecular flexibility index (Phi) is 4.15. The van der Waals surface area contributed by atoms with Crippen LogP contribution in [-0.4, -0.2) is 10.9 Å². The highest BCUT2D eigenvalue weighted by atomic mass is 32.1. The van der Waals surface area contributed by atoms with Crippen LogP contribution < -0.4 is 11.1 Å². The molecule has 3 nitrogen and oxygen atoms in total. The molecule has 0 spiro atoms. The Morgan fingerprint density at radius 2 is 1.75 bits per heavy atom. The van der Waals surface area contributed by atoms with Gasteiger partial charge in [0, 0.05) is 16.8 Å². The number of hydrogen-bond acceptors (Lipinski definition) is 2. The fourth-order valence-electron chi connectivity index (χ4n) is 1.98. The molecule has 3 N–H and O–H groups in total. The van der Waals surface area contributed by atoms with Gasteiger partial charge in [0.15, 0.2) is 0 Å². The number of nitrogens with one attached hydrogen (secondary N) is 1. The largest absolute Gasteiger partial charge is 0.389 e. The van der Waals surface area contributed by atoms with Gasteiger partial charge in [-0.05, 0) is 49.7 Å². The minimum absolute atomic E-state index is 0.120. The van der Waals surface area contributed by atoms with Gasteiger partial charge in [0.05, 0.1) is 0 Å². The summed E-state index contributed by atoms with van der Waals surface area (Å²) in [5.74, 6) is -0.120. The van der Waals surface area contributed by atoms with E-state index in [1.807, 2.05) is 32.0 Å². The quantitative estimate of drug-likeness (QED) is 0.851. The van der Waals surface area contributed by atoms with E-state index in [9.17, 15) is 4.79 Å². The fourth-order valence-corrected chi connectivity index (χ4v) is 2.12. The number of nitrogens with two attached hydrogens (primary N) is 1. The average molecular weight is 284 g/mol. The molecule has 0 atom stereocenters. The van der Waals surface area contributed by atoms with Crippen molar-refractivity contribution in [2.24, 2.45) is 5.73 Å². The van der Waals surface area contributed by atoms with Crippen LogP contribution in [-0.2, 0) is 0 Å². The van der Waals surface area contributed by atoms with E-state index in [0.717, 1.165) is 22.4 Å². The van der Waals surface area contributed by atoms with Gasteiger partial charge in [0.25, 0.3) is 5.91 Å². The summed E-state index contributed by atoms with van der Waals surface area (Å²) in [6.07, 6.45) is 0. The van der Waals surface area contributed by atoms with Gasteiger partial charge in [-0.25, -0.2) is 0 Å². The van der Waals surface area contributed by atoms with Crippen molar-refractivity contribution in [1.29, 1.82) is 0 Å². The van der Waals surface area contributed by atoms with Gasteiger partial charge in [-0.3, -0.25) is 4.79 Å². The summed E-state index contributed by atoms with van der Waals surface area (Å²) < 4.78 is 0. The Balaban J connectivity index is 2.17. The molecule has 0 saturated carbocycles. The minimum atomic E-state index is -0.120. The molecule has 2 aromatic rings. The third-order valence-electron chi connectivity index (χ3n) is 3.05. The van der Waals surface area contributed by atoms with Crippen LogP contribution in [0.3, 0.4) is 0 Å². The van der Waals surface area contributed by atoms with Crippen LogP contribution in [0.1, 0.15) is 27.0 Å². The Labute approximate surface area is 123 Å². The lowest BCUT2D eigenvalue weighted by Gasteiger charge is -2.09. The first-order valence-electron chi connectivity index (χ1n) is 6.26. The standard InChI is InChI=1S/C16H16N2OS/c1-10-3-8-14(11(2)9-10)16(19)18-13-6-4-12(5-7-13)15(17)20/h3-9H,1-2H3,(H2,17,20)(H,18,19). The summed E-state index contributed by atoms with van der Waals surface area (Å²) in [4.78, 5) is 12.5. The van der Waals surface area contributed by atoms with Gasteiger partial charge in [-0.2, -0.15) is 0 Å². The molecular formula is C16H16N2OS. The molecule has 1 amide bonds. The van der Waals surface area contributed by atoms with Crippen LogP contribution in [0.2, 0.25) is 0 Å².